The van der Waals surface area contributed by atoms with Gasteiger partial charge < -0.3 is 9.47 Å². The fourth-order valence-electron chi connectivity index (χ4n) is 6.37. The quantitative estimate of drug-likeness (QED) is 0.140. The van der Waals surface area contributed by atoms with E-state index < -0.39 is 0 Å². The molecule has 2 heteroatoms. The van der Waals surface area contributed by atoms with Gasteiger partial charge in [-0.15, -0.1) is 0 Å². The molecule has 0 unspecified atom stereocenters. The molecule has 0 saturated carbocycles. The summed E-state index contributed by atoms with van der Waals surface area (Å²) in [6.45, 7) is 2.32. The topological polar surface area (TPSA) is 18.5 Å². The molecule has 8 aromatic carbocycles. The molecule has 0 N–H and O–H groups in total. The van der Waals surface area contributed by atoms with E-state index in [9.17, 15) is 0 Å². The van der Waals surface area contributed by atoms with Crippen molar-refractivity contribution in [2.45, 2.75) is 26.4 Å². The highest BCUT2D eigenvalue weighted by atomic mass is 16.5. The molecular weight excluding hydrogens is 512 g/mol. The monoisotopic (exact) mass is 542 g/mol. The van der Waals surface area contributed by atoms with E-state index in [1.807, 2.05) is 0 Å². The number of rotatable bonds is 8. The first-order chi connectivity index (χ1) is 20.8. The fourth-order valence-corrected chi connectivity index (χ4v) is 6.37. The van der Waals surface area contributed by atoms with Crippen molar-refractivity contribution in [2.24, 2.45) is 0 Å². The Labute approximate surface area is 245 Å². The smallest absolute Gasteiger partial charge is 0.0727 e. The maximum atomic E-state index is 6.22. The van der Waals surface area contributed by atoms with Crippen molar-refractivity contribution in [3.63, 3.8) is 0 Å². The third-order valence-corrected chi connectivity index (χ3v) is 8.53. The molecule has 0 atom stereocenters. The van der Waals surface area contributed by atoms with Crippen LogP contribution in [-0.2, 0) is 35.9 Å². The molecule has 0 aliphatic rings. The van der Waals surface area contributed by atoms with Crippen LogP contribution in [0.1, 0.15) is 22.3 Å². The summed E-state index contributed by atoms with van der Waals surface area (Å²) in [6, 6.07) is 48.0. The summed E-state index contributed by atoms with van der Waals surface area (Å²) in [5.74, 6) is 0. The van der Waals surface area contributed by atoms with Gasteiger partial charge in [-0.3, -0.25) is 0 Å². The van der Waals surface area contributed by atoms with Crippen LogP contribution in [0.3, 0.4) is 0 Å². The summed E-state index contributed by atoms with van der Waals surface area (Å²) >= 11 is 0. The minimum Gasteiger partial charge on any atom is -0.372 e. The van der Waals surface area contributed by atoms with Gasteiger partial charge in [0.1, 0.15) is 0 Å². The van der Waals surface area contributed by atoms with Gasteiger partial charge in [0.25, 0.3) is 0 Å². The van der Waals surface area contributed by atoms with Crippen LogP contribution >= 0.6 is 0 Å². The highest BCUT2D eigenvalue weighted by Gasteiger charge is 2.11. The highest BCUT2D eigenvalue weighted by Crippen LogP contribution is 2.36. The molecule has 0 heterocycles. The number of hydrogen-bond acceptors (Lipinski definition) is 2. The lowest BCUT2D eigenvalue weighted by molar-refractivity contribution is 0.106. The summed E-state index contributed by atoms with van der Waals surface area (Å²) in [6.07, 6.45) is 0. The van der Waals surface area contributed by atoms with Crippen molar-refractivity contribution < 1.29 is 9.47 Å². The summed E-state index contributed by atoms with van der Waals surface area (Å²) in [7, 11) is 0. The molecule has 0 aliphatic heterocycles. The van der Waals surface area contributed by atoms with E-state index in [-0.39, 0.29) is 0 Å². The molecule has 0 saturated heterocycles. The molecule has 8 rings (SSSR count). The van der Waals surface area contributed by atoms with Gasteiger partial charge in [0.15, 0.2) is 0 Å². The Bertz CT molecular complexity index is 2180. The van der Waals surface area contributed by atoms with Gasteiger partial charge >= 0.3 is 0 Å². The molecule has 0 fully saturated rings. The lowest BCUT2D eigenvalue weighted by atomic mass is 9.92. The molecule has 0 spiro atoms. The van der Waals surface area contributed by atoms with Gasteiger partial charge in [0.2, 0.25) is 0 Å². The molecule has 0 bridgehead atoms. The molecule has 2 nitrogen and oxygen atoms in total. The first-order valence-electron chi connectivity index (χ1n) is 14.6. The van der Waals surface area contributed by atoms with Gasteiger partial charge in [-0.25, -0.2) is 0 Å². The Hall–Kier alpha value is -4.76. The van der Waals surface area contributed by atoms with Crippen molar-refractivity contribution in [1.29, 1.82) is 0 Å². The Kier molecular flexibility index (Phi) is 6.29. The molecule has 202 valence electrons. The molecule has 8 aromatic rings. The number of hydrogen-bond donors (Lipinski definition) is 0. The lowest BCUT2D eigenvalue weighted by Gasteiger charge is -2.14. The summed E-state index contributed by atoms with van der Waals surface area (Å²) in [4.78, 5) is 0. The Balaban J connectivity index is 0.914. The van der Waals surface area contributed by atoms with Crippen LogP contribution in [0.15, 0.2) is 133 Å². The molecule has 0 amide bonds. The number of fused-ring (bicyclic) bond motifs is 2. The second-order valence-electron chi connectivity index (χ2n) is 11.2. The third kappa shape index (κ3) is 4.55. The van der Waals surface area contributed by atoms with E-state index in [1.165, 1.54) is 65.0 Å². The number of ether oxygens (including phenoxy) is 2. The highest BCUT2D eigenvalue weighted by molar-refractivity contribution is 6.23. The fraction of sp³-hybridized carbons (Fsp3) is 0.100. The van der Waals surface area contributed by atoms with Crippen LogP contribution < -0.4 is 0 Å². The van der Waals surface area contributed by atoms with Crippen LogP contribution in [0.2, 0.25) is 0 Å². The van der Waals surface area contributed by atoms with E-state index in [1.54, 1.807) is 0 Å². The van der Waals surface area contributed by atoms with Gasteiger partial charge in [0, 0.05) is 0 Å². The van der Waals surface area contributed by atoms with E-state index in [2.05, 4.69) is 133 Å². The zero-order valence-corrected chi connectivity index (χ0v) is 23.3. The third-order valence-electron chi connectivity index (χ3n) is 8.53. The van der Waals surface area contributed by atoms with Crippen LogP contribution in [0.5, 0.6) is 0 Å². The second kappa shape index (κ2) is 10.6. The van der Waals surface area contributed by atoms with Crippen molar-refractivity contribution in [3.8, 4) is 0 Å². The van der Waals surface area contributed by atoms with E-state index in [0.29, 0.717) is 26.4 Å². The summed E-state index contributed by atoms with van der Waals surface area (Å²) < 4.78 is 12.4. The van der Waals surface area contributed by atoms with Crippen molar-refractivity contribution in [2.75, 3.05) is 0 Å². The Morgan fingerprint density at radius 1 is 0.333 bits per heavy atom. The van der Waals surface area contributed by atoms with Crippen LogP contribution in [0.25, 0.3) is 53.9 Å². The van der Waals surface area contributed by atoms with Crippen LogP contribution in [-0.4, -0.2) is 0 Å². The average molecular weight is 543 g/mol. The minimum atomic E-state index is 0.576. The zero-order chi connectivity index (χ0) is 27.9. The Morgan fingerprint density at radius 3 is 1.57 bits per heavy atom. The summed E-state index contributed by atoms with van der Waals surface area (Å²) in [5, 5.41) is 12.9. The molecule has 42 heavy (non-hydrogen) atoms. The second-order valence-corrected chi connectivity index (χ2v) is 11.2. The average Bonchev–Trinajstić information content (AvgIpc) is 3.04. The maximum Gasteiger partial charge on any atom is 0.0727 e. The predicted molar refractivity (Wildman–Crippen MR) is 175 cm³/mol. The molecule has 0 radical (unpaired) electrons. The van der Waals surface area contributed by atoms with Gasteiger partial charge in [-0.2, -0.15) is 0 Å². The normalized spacial score (nSPS) is 11.9. The van der Waals surface area contributed by atoms with Crippen LogP contribution in [0.4, 0.5) is 0 Å². The largest absolute Gasteiger partial charge is 0.372 e. The number of benzene rings is 8. The minimum absolute atomic E-state index is 0.576. The first kappa shape index (κ1) is 25.0. The standard InChI is InChI=1S/C40H30O2/c1-2-6-33-22-38-34(21-32(33)5-1)9-4-10-35(38)25-41-23-27-11-13-28(14-12-27)24-42-26-36-18-17-31-16-15-29-7-3-8-30-19-20-37(36)40(31)39(29)30/h1-22H,23-26H2. The molecular formula is C40H30O2. The molecule has 0 aliphatic carbocycles. The summed E-state index contributed by atoms with van der Waals surface area (Å²) in [5.41, 5.74) is 4.77. The van der Waals surface area contributed by atoms with Gasteiger partial charge in [-0.1, -0.05) is 121 Å². The van der Waals surface area contributed by atoms with Crippen molar-refractivity contribution in [1.82, 2.24) is 0 Å². The first-order valence-corrected chi connectivity index (χ1v) is 14.6. The predicted octanol–water partition coefficient (Wildman–Crippen LogP) is 10.3. The van der Waals surface area contributed by atoms with Crippen molar-refractivity contribution in [3.05, 3.63) is 156 Å². The lowest BCUT2D eigenvalue weighted by Crippen LogP contribution is -1.98. The van der Waals surface area contributed by atoms with E-state index in [4.69, 9.17) is 9.47 Å². The Morgan fingerprint density at radius 2 is 0.857 bits per heavy atom. The van der Waals surface area contributed by atoms with Crippen molar-refractivity contribution >= 4 is 53.9 Å². The van der Waals surface area contributed by atoms with Crippen LogP contribution in [0, 0.1) is 0 Å². The van der Waals surface area contributed by atoms with Gasteiger partial charge in [0.05, 0.1) is 26.4 Å². The van der Waals surface area contributed by atoms with E-state index >= 15 is 0 Å². The van der Waals surface area contributed by atoms with E-state index in [0.717, 1.165) is 11.1 Å². The van der Waals surface area contributed by atoms with Gasteiger partial charge in [-0.05, 0) is 88.2 Å². The SMILES string of the molecule is c1ccc2cc3c(COCc4ccc(COCc5ccc6ccc7cccc8ccc5c6c78)cc4)cccc3cc2c1. The zero-order valence-electron chi connectivity index (χ0n) is 23.3. The maximum absolute atomic E-state index is 6.22. The molecule has 0 aromatic heterocycles.